The average molecular weight is 339 g/mol. The summed E-state index contributed by atoms with van der Waals surface area (Å²) in [5.41, 5.74) is 4.60. The van der Waals surface area contributed by atoms with Crippen molar-refractivity contribution in [3.8, 4) is 0 Å². The zero-order valence-corrected chi connectivity index (χ0v) is 14.7. The van der Waals surface area contributed by atoms with Crippen LogP contribution in [0.2, 0.25) is 0 Å². The number of aryl methyl sites for hydroxylation is 2. The minimum atomic E-state index is -0.401. The number of fused-ring (bicyclic) bond motifs is 1. The molecule has 0 aliphatic heterocycles. The number of carbonyl (C=O) groups is 1. The largest absolute Gasteiger partial charge is 0.420 e. The molecule has 1 aromatic heterocycles. The molecule has 2 amide bonds. The third-order valence-corrected chi connectivity index (χ3v) is 3.87. The molecule has 3 aromatic rings. The van der Waals surface area contributed by atoms with Crippen LogP contribution in [0.5, 0.6) is 0 Å². The van der Waals surface area contributed by atoms with Crippen molar-refractivity contribution in [3.05, 3.63) is 58.1 Å². The summed E-state index contributed by atoms with van der Waals surface area (Å²) >= 11 is 0. The molecule has 0 saturated carbocycles. The predicted octanol–water partition coefficient (Wildman–Crippen LogP) is 4.44. The van der Waals surface area contributed by atoms with E-state index in [0.29, 0.717) is 16.8 Å². The Morgan fingerprint density at radius 3 is 2.28 bits per heavy atom. The SMILES string of the molecule is Cc1cc(C)cc(NC(=O)Nc2ccc3c(c2)oc(=O)n3C(C)C)c1. The highest BCUT2D eigenvalue weighted by atomic mass is 16.4. The smallest absolute Gasteiger partial charge is 0.408 e. The number of carbonyl (C=O) groups excluding carboxylic acids is 1. The van der Waals surface area contributed by atoms with Crippen LogP contribution in [0, 0.1) is 13.8 Å². The van der Waals surface area contributed by atoms with Crippen molar-refractivity contribution in [2.75, 3.05) is 10.6 Å². The number of hydrogen-bond acceptors (Lipinski definition) is 3. The molecule has 0 aliphatic carbocycles. The number of hydrogen-bond donors (Lipinski definition) is 2. The molecule has 0 fully saturated rings. The fraction of sp³-hybridized carbons (Fsp3) is 0.263. The van der Waals surface area contributed by atoms with E-state index in [1.54, 1.807) is 22.8 Å². The molecule has 0 radical (unpaired) electrons. The van der Waals surface area contributed by atoms with E-state index in [-0.39, 0.29) is 12.1 Å². The number of benzene rings is 2. The van der Waals surface area contributed by atoms with Crippen LogP contribution in [-0.2, 0) is 0 Å². The summed E-state index contributed by atoms with van der Waals surface area (Å²) in [4.78, 5) is 24.1. The van der Waals surface area contributed by atoms with Gasteiger partial charge in [-0.3, -0.25) is 4.57 Å². The maximum Gasteiger partial charge on any atom is 0.420 e. The molecule has 0 bridgehead atoms. The Hall–Kier alpha value is -3.02. The van der Waals surface area contributed by atoms with Gasteiger partial charge in [0, 0.05) is 23.5 Å². The van der Waals surface area contributed by atoms with Crippen LogP contribution in [0.25, 0.3) is 11.1 Å². The number of rotatable bonds is 3. The van der Waals surface area contributed by atoms with Crippen molar-refractivity contribution >= 4 is 28.5 Å². The fourth-order valence-electron chi connectivity index (χ4n) is 2.94. The molecule has 6 nitrogen and oxygen atoms in total. The fourth-order valence-corrected chi connectivity index (χ4v) is 2.94. The van der Waals surface area contributed by atoms with Gasteiger partial charge in [-0.2, -0.15) is 0 Å². The Kier molecular flexibility index (Phi) is 4.35. The normalized spacial score (nSPS) is 11.1. The van der Waals surface area contributed by atoms with Crippen LogP contribution in [-0.4, -0.2) is 10.6 Å². The maximum atomic E-state index is 12.2. The van der Waals surface area contributed by atoms with E-state index in [1.807, 2.05) is 45.9 Å². The highest BCUT2D eigenvalue weighted by Gasteiger charge is 2.13. The Labute approximate surface area is 145 Å². The lowest BCUT2D eigenvalue weighted by molar-refractivity contribution is 0.262. The monoisotopic (exact) mass is 339 g/mol. The van der Waals surface area contributed by atoms with Gasteiger partial charge in [-0.05, 0) is 63.1 Å². The number of urea groups is 1. The van der Waals surface area contributed by atoms with E-state index in [2.05, 4.69) is 10.6 Å². The summed E-state index contributed by atoms with van der Waals surface area (Å²) in [6, 6.07) is 10.7. The van der Waals surface area contributed by atoms with Gasteiger partial charge >= 0.3 is 11.8 Å². The number of aromatic nitrogens is 1. The molecule has 0 saturated heterocycles. The molecule has 2 N–H and O–H groups in total. The molecular weight excluding hydrogens is 318 g/mol. The lowest BCUT2D eigenvalue weighted by atomic mass is 10.1. The first-order chi connectivity index (χ1) is 11.8. The topological polar surface area (TPSA) is 76.3 Å². The molecular formula is C19H21N3O3. The summed E-state index contributed by atoms with van der Waals surface area (Å²) in [6.45, 7) is 7.79. The van der Waals surface area contributed by atoms with Gasteiger partial charge in [-0.25, -0.2) is 9.59 Å². The van der Waals surface area contributed by atoms with E-state index in [1.165, 1.54) is 0 Å². The van der Waals surface area contributed by atoms with Gasteiger partial charge in [0.05, 0.1) is 5.52 Å². The molecule has 6 heteroatoms. The van der Waals surface area contributed by atoms with Crippen LogP contribution in [0.1, 0.15) is 31.0 Å². The van der Waals surface area contributed by atoms with Crippen LogP contribution in [0.4, 0.5) is 16.2 Å². The highest BCUT2D eigenvalue weighted by Crippen LogP contribution is 2.21. The van der Waals surface area contributed by atoms with Gasteiger partial charge in [0.2, 0.25) is 0 Å². The molecule has 25 heavy (non-hydrogen) atoms. The van der Waals surface area contributed by atoms with Gasteiger partial charge in [0.25, 0.3) is 0 Å². The van der Waals surface area contributed by atoms with E-state index in [9.17, 15) is 9.59 Å². The maximum absolute atomic E-state index is 12.2. The first-order valence-electron chi connectivity index (χ1n) is 8.15. The quantitative estimate of drug-likeness (QED) is 0.741. The molecule has 3 rings (SSSR count). The average Bonchev–Trinajstić information content (AvgIpc) is 2.80. The Morgan fingerprint density at radius 2 is 1.64 bits per heavy atom. The first kappa shape index (κ1) is 16.8. The van der Waals surface area contributed by atoms with Crippen LogP contribution in [0.3, 0.4) is 0 Å². The van der Waals surface area contributed by atoms with Gasteiger partial charge in [-0.1, -0.05) is 6.07 Å². The van der Waals surface area contributed by atoms with Crippen molar-refractivity contribution < 1.29 is 9.21 Å². The molecule has 0 atom stereocenters. The van der Waals surface area contributed by atoms with E-state index >= 15 is 0 Å². The van der Waals surface area contributed by atoms with E-state index in [0.717, 1.165) is 16.8 Å². The predicted molar refractivity (Wildman–Crippen MR) is 99.4 cm³/mol. The molecule has 2 aromatic carbocycles. The Balaban J connectivity index is 1.80. The van der Waals surface area contributed by atoms with E-state index < -0.39 is 5.76 Å². The molecule has 1 heterocycles. The second-order valence-corrected chi connectivity index (χ2v) is 6.47. The summed E-state index contributed by atoms with van der Waals surface area (Å²) < 4.78 is 6.85. The molecule has 130 valence electrons. The lowest BCUT2D eigenvalue weighted by Gasteiger charge is -2.10. The van der Waals surface area contributed by atoms with Gasteiger partial charge in [-0.15, -0.1) is 0 Å². The zero-order chi connectivity index (χ0) is 18.1. The van der Waals surface area contributed by atoms with Crippen molar-refractivity contribution in [2.24, 2.45) is 0 Å². The second-order valence-electron chi connectivity index (χ2n) is 6.47. The summed E-state index contributed by atoms with van der Waals surface area (Å²) in [7, 11) is 0. The molecule has 0 spiro atoms. The molecule has 0 unspecified atom stereocenters. The first-order valence-corrected chi connectivity index (χ1v) is 8.15. The number of nitrogens with one attached hydrogen (secondary N) is 2. The Bertz CT molecular complexity index is 979. The van der Waals surface area contributed by atoms with Crippen LogP contribution < -0.4 is 16.4 Å². The van der Waals surface area contributed by atoms with E-state index in [4.69, 9.17) is 4.42 Å². The van der Waals surface area contributed by atoms with Gasteiger partial charge < -0.3 is 15.1 Å². The number of anilines is 2. The highest BCUT2D eigenvalue weighted by molar-refractivity contribution is 6.00. The van der Waals surface area contributed by atoms with Crippen molar-refractivity contribution in [2.45, 2.75) is 33.7 Å². The van der Waals surface area contributed by atoms with Crippen molar-refractivity contribution in [1.29, 1.82) is 0 Å². The minimum Gasteiger partial charge on any atom is -0.408 e. The van der Waals surface area contributed by atoms with Crippen LogP contribution >= 0.6 is 0 Å². The number of oxazole rings is 1. The van der Waals surface area contributed by atoms with Gasteiger partial charge in [0.15, 0.2) is 5.58 Å². The Morgan fingerprint density at radius 1 is 1.00 bits per heavy atom. The molecule has 0 aliphatic rings. The number of amides is 2. The number of nitrogens with zero attached hydrogens (tertiary/aromatic N) is 1. The third-order valence-electron chi connectivity index (χ3n) is 3.87. The zero-order valence-electron chi connectivity index (χ0n) is 14.7. The minimum absolute atomic E-state index is 0.000387. The summed E-state index contributed by atoms with van der Waals surface area (Å²) in [6.07, 6.45) is 0. The standard InChI is InChI=1S/C19H21N3O3/c1-11(2)22-16-6-5-14(10-17(16)25-19(22)24)20-18(23)21-15-8-12(3)7-13(4)9-15/h5-11H,1-4H3,(H2,20,21,23). The summed E-state index contributed by atoms with van der Waals surface area (Å²) in [5, 5.41) is 5.57. The van der Waals surface area contributed by atoms with Crippen molar-refractivity contribution in [1.82, 2.24) is 4.57 Å². The van der Waals surface area contributed by atoms with Crippen LogP contribution in [0.15, 0.2) is 45.6 Å². The lowest BCUT2D eigenvalue weighted by Crippen LogP contribution is -2.19. The summed E-state index contributed by atoms with van der Waals surface area (Å²) in [5.74, 6) is -0.401. The van der Waals surface area contributed by atoms with Crippen molar-refractivity contribution in [3.63, 3.8) is 0 Å². The second kappa shape index (κ2) is 6.47. The third kappa shape index (κ3) is 3.57. The van der Waals surface area contributed by atoms with Gasteiger partial charge in [0.1, 0.15) is 0 Å².